The van der Waals surface area contributed by atoms with Crippen molar-refractivity contribution in [3.63, 3.8) is 0 Å². The number of nitrogens with zero attached hydrogens (tertiary/aromatic N) is 2. The second-order valence-electron chi connectivity index (χ2n) is 4.19. The number of amides is 1. The van der Waals surface area contributed by atoms with Gasteiger partial charge >= 0.3 is 0 Å². The van der Waals surface area contributed by atoms with Crippen LogP contribution in [0.5, 0.6) is 0 Å². The molecule has 4 nitrogen and oxygen atoms in total. The number of nitrogens with one attached hydrogen (secondary N) is 1. The van der Waals surface area contributed by atoms with Crippen molar-refractivity contribution in [2.24, 2.45) is 0 Å². The van der Waals surface area contributed by atoms with Gasteiger partial charge in [0.25, 0.3) is 5.91 Å². The molecule has 3 aromatic rings. The molecule has 0 aliphatic carbocycles. The number of imidazole rings is 1. The summed E-state index contributed by atoms with van der Waals surface area (Å²) in [4.78, 5) is 16.3. The molecule has 1 amide bonds. The fourth-order valence-electron chi connectivity index (χ4n) is 1.92. The van der Waals surface area contributed by atoms with Crippen LogP contribution in [-0.4, -0.2) is 15.3 Å². The van der Waals surface area contributed by atoms with Gasteiger partial charge in [-0.05, 0) is 30.3 Å². The summed E-state index contributed by atoms with van der Waals surface area (Å²) >= 11 is 11.9. The summed E-state index contributed by atoms with van der Waals surface area (Å²) in [6.07, 6.45) is 5.11. The van der Waals surface area contributed by atoms with Crippen LogP contribution < -0.4 is 5.32 Å². The Morgan fingerprint density at radius 1 is 1.25 bits per heavy atom. The van der Waals surface area contributed by atoms with Crippen LogP contribution in [0.2, 0.25) is 10.0 Å². The van der Waals surface area contributed by atoms with Gasteiger partial charge in [-0.3, -0.25) is 4.79 Å². The van der Waals surface area contributed by atoms with E-state index in [1.165, 1.54) is 0 Å². The van der Waals surface area contributed by atoms with Crippen LogP contribution in [0.1, 0.15) is 10.4 Å². The lowest BCUT2D eigenvalue weighted by Gasteiger charge is -2.08. The van der Waals surface area contributed by atoms with Gasteiger partial charge < -0.3 is 9.72 Å². The van der Waals surface area contributed by atoms with Crippen molar-refractivity contribution in [2.45, 2.75) is 0 Å². The highest BCUT2D eigenvalue weighted by atomic mass is 35.5. The third-order valence-electron chi connectivity index (χ3n) is 2.88. The molecule has 20 heavy (non-hydrogen) atoms. The van der Waals surface area contributed by atoms with E-state index in [0.717, 1.165) is 5.52 Å². The first-order valence-electron chi connectivity index (χ1n) is 5.82. The monoisotopic (exact) mass is 305 g/mol. The number of carbonyl (C=O) groups is 1. The van der Waals surface area contributed by atoms with Gasteiger partial charge in [-0.2, -0.15) is 0 Å². The molecule has 1 aromatic carbocycles. The Morgan fingerprint density at radius 3 is 2.90 bits per heavy atom. The Balaban J connectivity index is 1.95. The zero-order chi connectivity index (χ0) is 14.1. The normalized spacial score (nSPS) is 10.7. The standard InChI is InChI=1S/C14H9Cl2N3O/c15-9-3-4-12(11(16)6-9)18-14(20)10-2-1-5-19-8-17-7-13(10)19/h1-8H,(H,18,20). The van der Waals surface area contributed by atoms with Gasteiger partial charge in [0.2, 0.25) is 0 Å². The molecular formula is C14H9Cl2N3O. The number of pyridine rings is 1. The van der Waals surface area contributed by atoms with Crippen LogP contribution in [0.25, 0.3) is 5.52 Å². The first-order valence-corrected chi connectivity index (χ1v) is 6.58. The minimum absolute atomic E-state index is 0.250. The molecule has 1 N–H and O–H groups in total. The summed E-state index contributed by atoms with van der Waals surface area (Å²) in [6, 6.07) is 8.43. The molecule has 0 fully saturated rings. The second-order valence-corrected chi connectivity index (χ2v) is 5.03. The number of benzene rings is 1. The zero-order valence-corrected chi connectivity index (χ0v) is 11.7. The molecule has 0 atom stereocenters. The molecule has 3 rings (SSSR count). The van der Waals surface area contributed by atoms with Gasteiger partial charge in [-0.15, -0.1) is 0 Å². The quantitative estimate of drug-likeness (QED) is 0.780. The Kier molecular flexibility index (Phi) is 3.34. The first-order chi connectivity index (χ1) is 9.65. The second kappa shape index (κ2) is 5.15. The number of rotatable bonds is 2. The third-order valence-corrected chi connectivity index (χ3v) is 3.42. The topological polar surface area (TPSA) is 46.4 Å². The van der Waals surface area contributed by atoms with Crippen molar-refractivity contribution in [3.05, 3.63) is 64.7 Å². The van der Waals surface area contributed by atoms with Crippen LogP contribution in [0.3, 0.4) is 0 Å². The van der Waals surface area contributed by atoms with Crippen LogP contribution in [0, 0.1) is 0 Å². The fourth-order valence-corrected chi connectivity index (χ4v) is 2.38. The minimum Gasteiger partial charge on any atom is -0.321 e. The molecule has 0 bridgehead atoms. The van der Waals surface area contributed by atoms with E-state index in [9.17, 15) is 4.79 Å². The van der Waals surface area contributed by atoms with Gasteiger partial charge in [0.1, 0.15) is 0 Å². The van der Waals surface area contributed by atoms with Crippen molar-refractivity contribution in [1.82, 2.24) is 9.38 Å². The lowest BCUT2D eigenvalue weighted by Crippen LogP contribution is -2.13. The van der Waals surface area contributed by atoms with E-state index in [-0.39, 0.29) is 5.91 Å². The molecule has 0 unspecified atom stereocenters. The van der Waals surface area contributed by atoms with Crippen molar-refractivity contribution in [2.75, 3.05) is 5.32 Å². The van der Waals surface area contributed by atoms with Crippen LogP contribution in [0.4, 0.5) is 5.69 Å². The highest BCUT2D eigenvalue weighted by Crippen LogP contribution is 2.26. The molecular weight excluding hydrogens is 297 g/mol. The molecule has 0 saturated carbocycles. The van der Waals surface area contributed by atoms with E-state index in [4.69, 9.17) is 23.2 Å². The molecule has 0 aliphatic rings. The van der Waals surface area contributed by atoms with Gasteiger partial charge in [-0.25, -0.2) is 4.98 Å². The predicted octanol–water partition coefficient (Wildman–Crippen LogP) is 3.89. The van der Waals surface area contributed by atoms with E-state index in [0.29, 0.717) is 21.3 Å². The number of anilines is 1. The van der Waals surface area contributed by atoms with E-state index in [1.54, 1.807) is 47.3 Å². The van der Waals surface area contributed by atoms with E-state index >= 15 is 0 Å². The summed E-state index contributed by atoms with van der Waals surface area (Å²) in [5.41, 5.74) is 1.77. The molecule has 6 heteroatoms. The summed E-state index contributed by atoms with van der Waals surface area (Å²) in [5.74, 6) is -0.250. The Morgan fingerprint density at radius 2 is 2.10 bits per heavy atom. The Labute approximate surface area is 125 Å². The van der Waals surface area contributed by atoms with Gasteiger partial charge in [0, 0.05) is 11.2 Å². The highest BCUT2D eigenvalue weighted by Gasteiger charge is 2.12. The molecule has 100 valence electrons. The van der Waals surface area contributed by atoms with Crippen LogP contribution in [0.15, 0.2) is 49.1 Å². The van der Waals surface area contributed by atoms with Crippen molar-refractivity contribution >= 4 is 40.3 Å². The minimum atomic E-state index is -0.250. The summed E-state index contributed by atoms with van der Waals surface area (Å²) in [6.45, 7) is 0. The van der Waals surface area contributed by atoms with Crippen LogP contribution in [-0.2, 0) is 0 Å². The lowest BCUT2D eigenvalue weighted by atomic mass is 10.2. The number of carbonyl (C=O) groups excluding carboxylic acids is 1. The third kappa shape index (κ3) is 2.35. The van der Waals surface area contributed by atoms with Crippen molar-refractivity contribution < 1.29 is 4.79 Å². The maximum Gasteiger partial charge on any atom is 0.257 e. The van der Waals surface area contributed by atoms with E-state index in [1.807, 2.05) is 6.20 Å². The maximum atomic E-state index is 12.3. The van der Waals surface area contributed by atoms with Gasteiger partial charge in [0.05, 0.1) is 34.3 Å². The summed E-state index contributed by atoms with van der Waals surface area (Å²) in [5, 5.41) is 3.68. The fraction of sp³-hybridized carbons (Fsp3) is 0. The number of halogens is 2. The SMILES string of the molecule is O=C(Nc1ccc(Cl)cc1Cl)c1cccn2cncc12. The number of hydrogen-bond donors (Lipinski definition) is 1. The Bertz CT molecular complexity index is 798. The van der Waals surface area contributed by atoms with E-state index in [2.05, 4.69) is 10.3 Å². The molecule has 2 aromatic heterocycles. The molecule has 0 aliphatic heterocycles. The zero-order valence-electron chi connectivity index (χ0n) is 10.2. The average molecular weight is 306 g/mol. The summed E-state index contributed by atoms with van der Waals surface area (Å²) < 4.78 is 1.78. The number of aromatic nitrogens is 2. The van der Waals surface area contributed by atoms with Gasteiger partial charge in [-0.1, -0.05) is 23.2 Å². The average Bonchev–Trinajstić information content (AvgIpc) is 2.90. The maximum absolute atomic E-state index is 12.3. The van der Waals surface area contributed by atoms with Crippen molar-refractivity contribution in [3.8, 4) is 0 Å². The van der Waals surface area contributed by atoms with Crippen molar-refractivity contribution in [1.29, 1.82) is 0 Å². The number of fused-ring (bicyclic) bond motifs is 1. The Hall–Kier alpha value is -2.04. The van der Waals surface area contributed by atoms with Crippen LogP contribution >= 0.6 is 23.2 Å². The highest BCUT2D eigenvalue weighted by molar-refractivity contribution is 6.36. The summed E-state index contributed by atoms with van der Waals surface area (Å²) in [7, 11) is 0. The first kappa shape index (κ1) is 13.0. The molecule has 0 saturated heterocycles. The van der Waals surface area contributed by atoms with E-state index < -0.39 is 0 Å². The molecule has 0 radical (unpaired) electrons. The number of hydrogen-bond acceptors (Lipinski definition) is 2. The molecule has 0 spiro atoms. The lowest BCUT2D eigenvalue weighted by molar-refractivity contribution is 0.102. The smallest absolute Gasteiger partial charge is 0.257 e. The van der Waals surface area contributed by atoms with Gasteiger partial charge in [0.15, 0.2) is 0 Å². The molecule has 2 heterocycles. The predicted molar refractivity (Wildman–Crippen MR) is 79.6 cm³/mol. The largest absolute Gasteiger partial charge is 0.321 e.